The van der Waals surface area contributed by atoms with Crippen LogP contribution in [0.4, 0.5) is 26.3 Å². The van der Waals surface area contributed by atoms with Gasteiger partial charge in [-0.05, 0) is 61.7 Å². The summed E-state index contributed by atoms with van der Waals surface area (Å²) in [6.07, 6.45) is -9.89. The molecule has 4 aromatic rings. The number of amides is 1. The van der Waals surface area contributed by atoms with Gasteiger partial charge in [0.15, 0.2) is 0 Å². The van der Waals surface area contributed by atoms with Gasteiger partial charge in [-0.1, -0.05) is 38.1 Å². The largest absolute Gasteiger partial charge is 0.495 e. The van der Waals surface area contributed by atoms with E-state index in [4.69, 9.17) is 4.74 Å². The molecular weight excluding hydrogens is 576 g/mol. The highest BCUT2D eigenvalue weighted by molar-refractivity contribution is 5.95. The van der Waals surface area contributed by atoms with Crippen LogP contribution in [0.15, 0.2) is 71.5 Å². The van der Waals surface area contributed by atoms with E-state index >= 15 is 0 Å². The first-order chi connectivity index (χ1) is 20.1. The average molecular weight is 606 g/mol. The van der Waals surface area contributed by atoms with Crippen molar-refractivity contribution in [2.45, 2.75) is 45.6 Å². The van der Waals surface area contributed by atoms with Crippen molar-refractivity contribution < 1.29 is 35.9 Å². The Morgan fingerprint density at radius 3 is 2.07 bits per heavy atom. The summed E-state index contributed by atoms with van der Waals surface area (Å²) < 4.78 is 88.5. The minimum atomic E-state index is -5.13. The molecule has 0 saturated heterocycles. The predicted molar refractivity (Wildman–Crippen MR) is 149 cm³/mol. The van der Waals surface area contributed by atoms with E-state index in [9.17, 15) is 35.9 Å². The molecule has 1 atom stereocenters. The number of methoxy groups -OCH3 is 1. The lowest BCUT2D eigenvalue weighted by molar-refractivity contribution is -0.143. The summed E-state index contributed by atoms with van der Waals surface area (Å²) in [5, 5.41) is 0.261. The maximum absolute atomic E-state index is 13.9. The molecule has 0 fully saturated rings. The first kappa shape index (κ1) is 31.6. The fraction of sp³-hybridized carbons (Fsp3) is 0.323. The highest BCUT2D eigenvalue weighted by atomic mass is 19.4. The van der Waals surface area contributed by atoms with E-state index in [0.717, 1.165) is 4.90 Å². The lowest BCUT2D eigenvalue weighted by Crippen LogP contribution is -2.38. The number of hydrogen-bond donors (Lipinski definition) is 0. The van der Waals surface area contributed by atoms with Crippen LogP contribution in [0.1, 0.15) is 60.5 Å². The molecule has 1 aromatic heterocycles. The Kier molecular flexibility index (Phi) is 8.89. The molecule has 0 spiro atoms. The van der Waals surface area contributed by atoms with Gasteiger partial charge in [-0.3, -0.25) is 14.2 Å². The molecule has 43 heavy (non-hydrogen) atoms. The number of benzene rings is 3. The van der Waals surface area contributed by atoms with Crippen LogP contribution in [0.25, 0.3) is 16.6 Å². The topological polar surface area (TPSA) is 64.4 Å². The van der Waals surface area contributed by atoms with Crippen molar-refractivity contribution in [3.63, 3.8) is 0 Å². The Hall–Kier alpha value is -4.35. The van der Waals surface area contributed by atoms with Gasteiger partial charge in [0.2, 0.25) is 0 Å². The van der Waals surface area contributed by atoms with Crippen molar-refractivity contribution in [1.29, 1.82) is 0 Å². The second kappa shape index (κ2) is 12.1. The molecule has 12 heteroatoms. The van der Waals surface area contributed by atoms with Gasteiger partial charge in [-0.15, -0.1) is 0 Å². The quantitative estimate of drug-likeness (QED) is 0.193. The Bertz CT molecular complexity index is 1660. The molecule has 6 nitrogen and oxygen atoms in total. The molecule has 1 heterocycles. The van der Waals surface area contributed by atoms with E-state index in [1.54, 1.807) is 48.5 Å². The van der Waals surface area contributed by atoms with Gasteiger partial charge in [0.1, 0.15) is 11.6 Å². The molecule has 1 amide bonds. The second-order valence-corrected chi connectivity index (χ2v) is 10.5. The standard InChI is InChI=1S/C31H29F6N3O3/c1-18(2)13-14-39(28(41)20-15-21(30(32,33)34)17-22(16-20)31(35,36)37)19(3)27-38-24-10-6-5-9-23(24)29(42)40(27)25-11-7-8-12-26(25)43-4/h5-12,15-19H,13-14H2,1-4H3. The van der Waals surface area contributed by atoms with Crippen LogP contribution in [-0.2, 0) is 12.4 Å². The summed E-state index contributed by atoms with van der Waals surface area (Å²) in [5.74, 6) is -0.689. The first-order valence-corrected chi connectivity index (χ1v) is 13.4. The van der Waals surface area contributed by atoms with Gasteiger partial charge in [0.25, 0.3) is 11.5 Å². The van der Waals surface area contributed by atoms with Gasteiger partial charge in [0, 0.05) is 12.1 Å². The lowest BCUT2D eigenvalue weighted by atomic mass is 10.0. The molecule has 3 aromatic carbocycles. The lowest BCUT2D eigenvalue weighted by Gasteiger charge is -2.32. The minimum absolute atomic E-state index is 0.0238. The molecule has 0 aliphatic carbocycles. The van der Waals surface area contributed by atoms with Crippen LogP contribution < -0.4 is 10.3 Å². The zero-order chi connectivity index (χ0) is 31.7. The second-order valence-electron chi connectivity index (χ2n) is 10.5. The van der Waals surface area contributed by atoms with E-state index in [0.29, 0.717) is 35.5 Å². The van der Waals surface area contributed by atoms with E-state index in [1.807, 2.05) is 13.8 Å². The SMILES string of the molecule is COc1ccccc1-n1c(C(C)N(CCC(C)C)C(=O)c2cc(C(F)(F)F)cc(C(F)(F)F)c2)nc2ccccc2c1=O. The minimum Gasteiger partial charge on any atom is -0.495 e. The number of fused-ring (bicyclic) bond motifs is 1. The van der Waals surface area contributed by atoms with Crippen LogP contribution in [0.3, 0.4) is 0 Å². The maximum Gasteiger partial charge on any atom is 0.416 e. The number of carbonyl (C=O) groups is 1. The van der Waals surface area contributed by atoms with E-state index in [2.05, 4.69) is 4.98 Å². The number of alkyl halides is 6. The Labute approximate surface area is 243 Å². The van der Waals surface area contributed by atoms with Crippen LogP contribution in [-0.4, -0.2) is 34.0 Å². The van der Waals surface area contributed by atoms with Crippen LogP contribution in [0.5, 0.6) is 5.75 Å². The van der Waals surface area contributed by atoms with Gasteiger partial charge < -0.3 is 9.64 Å². The van der Waals surface area contributed by atoms with Crippen LogP contribution in [0.2, 0.25) is 0 Å². The molecular formula is C31H29F6N3O3. The van der Waals surface area contributed by atoms with Crippen LogP contribution >= 0.6 is 0 Å². The van der Waals surface area contributed by atoms with E-state index in [-0.39, 0.29) is 29.7 Å². The van der Waals surface area contributed by atoms with E-state index in [1.165, 1.54) is 18.6 Å². The molecule has 4 rings (SSSR count). The Morgan fingerprint density at radius 2 is 1.49 bits per heavy atom. The van der Waals surface area contributed by atoms with Crippen molar-refractivity contribution in [3.8, 4) is 11.4 Å². The Morgan fingerprint density at radius 1 is 0.907 bits per heavy atom. The first-order valence-electron chi connectivity index (χ1n) is 13.4. The summed E-state index contributed by atoms with van der Waals surface area (Å²) in [6, 6.07) is 12.8. The molecule has 0 saturated carbocycles. The summed E-state index contributed by atoms with van der Waals surface area (Å²) in [6.45, 7) is 5.21. The molecule has 0 aliphatic rings. The fourth-order valence-electron chi connectivity index (χ4n) is 4.73. The zero-order valence-electron chi connectivity index (χ0n) is 23.8. The third kappa shape index (κ3) is 6.68. The summed E-state index contributed by atoms with van der Waals surface area (Å²) in [4.78, 5) is 33.6. The average Bonchev–Trinajstić information content (AvgIpc) is 2.95. The summed E-state index contributed by atoms with van der Waals surface area (Å²) >= 11 is 0. The molecule has 0 aliphatic heterocycles. The highest BCUT2D eigenvalue weighted by Gasteiger charge is 2.38. The van der Waals surface area contributed by atoms with Gasteiger partial charge in [0.05, 0.1) is 40.9 Å². The number of rotatable bonds is 8. The van der Waals surface area contributed by atoms with Crippen LogP contribution in [0, 0.1) is 5.92 Å². The number of halogens is 6. The molecule has 0 radical (unpaired) electrons. The van der Waals surface area contributed by atoms with Crippen molar-refractivity contribution >= 4 is 16.8 Å². The number of carbonyl (C=O) groups excluding carboxylic acids is 1. The van der Waals surface area contributed by atoms with Gasteiger partial charge in [-0.2, -0.15) is 26.3 Å². The smallest absolute Gasteiger partial charge is 0.416 e. The summed E-state index contributed by atoms with van der Waals surface area (Å²) in [5.41, 5.74) is -3.88. The zero-order valence-corrected chi connectivity index (χ0v) is 23.8. The number of hydrogen-bond acceptors (Lipinski definition) is 4. The normalized spacial score (nSPS) is 12.9. The molecule has 228 valence electrons. The number of nitrogens with zero attached hydrogens (tertiary/aromatic N) is 3. The molecule has 0 bridgehead atoms. The number of ether oxygens (including phenoxy) is 1. The van der Waals surface area contributed by atoms with Crippen molar-refractivity contribution in [2.75, 3.05) is 13.7 Å². The summed E-state index contributed by atoms with van der Waals surface area (Å²) in [7, 11) is 1.41. The third-order valence-corrected chi connectivity index (χ3v) is 7.01. The van der Waals surface area contributed by atoms with E-state index < -0.39 is 46.6 Å². The fourth-order valence-corrected chi connectivity index (χ4v) is 4.73. The predicted octanol–water partition coefficient (Wildman–Crippen LogP) is 7.68. The van der Waals surface area contributed by atoms with Crippen molar-refractivity contribution in [3.05, 3.63) is 99.6 Å². The number of para-hydroxylation sites is 3. The number of aromatic nitrogens is 2. The Balaban J connectivity index is 1.96. The van der Waals surface area contributed by atoms with Crippen molar-refractivity contribution in [2.24, 2.45) is 5.92 Å². The third-order valence-electron chi connectivity index (χ3n) is 7.01. The van der Waals surface area contributed by atoms with Gasteiger partial charge in [-0.25, -0.2) is 4.98 Å². The monoisotopic (exact) mass is 605 g/mol. The van der Waals surface area contributed by atoms with Gasteiger partial charge >= 0.3 is 12.4 Å². The highest BCUT2D eigenvalue weighted by Crippen LogP contribution is 2.37. The maximum atomic E-state index is 13.9. The molecule has 1 unspecified atom stereocenters. The van der Waals surface area contributed by atoms with Crippen molar-refractivity contribution in [1.82, 2.24) is 14.5 Å². The molecule has 0 N–H and O–H groups in total.